The van der Waals surface area contributed by atoms with E-state index in [0.29, 0.717) is 16.6 Å². The lowest BCUT2D eigenvalue weighted by molar-refractivity contribution is -0.128. The Hall–Kier alpha value is -4.81. The Labute approximate surface area is 262 Å². The minimum atomic E-state index is -1.51. The summed E-state index contributed by atoms with van der Waals surface area (Å²) in [4.78, 5) is 54.7. The Morgan fingerprint density at radius 1 is 1.18 bits per heavy atom. The van der Waals surface area contributed by atoms with E-state index in [9.17, 15) is 24.6 Å². The Bertz CT molecular complexity index is 1990. The summed E-state index contributed by atoms with van der Waals surface area (Å²) in [5.41, 5.74) is -1.12. The highest BCUT2D eigenvalue weighted by Gasteiger charge is 2.44. The molecule has 3 aromatic heterocycles. The molecule has 45 heavy (non-hydrogen) atoms. The number of aromatic nitrogens is 3. The van der Waals surface area contributed by atoms with Crippen molar-refractivity contribution in [1.82, 2.24) is 19.4 Å². The number of carbonyl (C=O) groups excluding carboxylic acids is 2. The number of benzene rings is 1. The van der Waals surface area contributed by atoms with Crippen LogP contribution >= 0.6 is 11.6 Å². The molecule has 1 aromatic carbocycles. The Kier molecular flexibility index (Phi) is 7.17. The first kappa shape index (κ1) is 30.2. The molecule has 0 saturated carbocycles. The van der Waals surface area contributed by atoms with E-state index in [4.69, 9.17) is 16.6 Å². The fourth-order valence-electron chi connectivity index (χ4n) is 6.18. The first-order valence-electron chi connectivity index (χ1n) is 14.2. The predicted octanol–water partition coefficient (Wildman–Crippen LogP) is 3.66. The molecule has 4 aromatic rings. The normalized spacial score (nSPS) is 16.6. The molecule has 0 radical (unpaired) electrons. The zero-order chi connectivity index (χ0) is 32.5. The summed E-state index contributed by atoms with van der Waals surface area (Å²) >= 11 is 6.78. The molecular weight excluding hydrogens is 603 g/mol. The number of likely N-dealkylation sites (N-methyl/N-ethyl adjacent to an activating group) is 1. The number of aromatic hydroxyl groups is 1. The van der Waals surface area contributed by atoms with E-state index in [2.05, 4.69) is 11.6 Å². The number of nitrogens with zero attached hydrogens (tertiary/aromatic N) is 6. The second-order valence-corrected chi connectivity index (χ2v) is 12.0. The maximum atomic E-state index is 15.2. The number of halogens is 2. The molecule has 2 amide bonds. The lowest BCUT2D eigenvalue weighted by Gasteiger charge is -2.47. The van der Waals surface area contributed by atoms with Crippen LogP contribution in [0.3, 0.4) is 0 Å². The van der Waals surface area contributed by atoms with E-state index in [0.717, 1.165) is 6.07 Å². The largest absolute Gasteiger partial charge is 0.507 e. The molecule has 2 N–H and O–H groups in total. The number of carbonyl (C=O) groups is 2. The molecular formula is C32H30ClFN6O5. The van der Waals surface area contributed by atoms with Gasteiger partial charge in [0.15, 0.2) is 5.65 Å². The van der Waals surface area contributed by atoms with Crippen molar-refractivity contribution in [2.24, 2.45) is 0 Å². The summed E-state index contributed by atoms with van der Waals surface area (Å²) in [6.07, 6.45) is 2.70. The number of hydrogen-bond acceptors (Lipinski definition) is 8. The standard InChI is InChI=1S/C32H30ClFN6O5/c1-6-22(42)38-12-13-39-20(15-38)30(43)37(5)27-26(39)17-14-18(33)24(23-19(34)8-7-9-21(23)41)36-29(17)40(31(27)44)25-16(2)10-11-35-28(25)32(3,4)45/h6-11,14,20,41,45H,1,12-13,15H2,2-5H3/t20-/m1/s1. The first-order valence-corrected chi connectivity index (χ1v) is 14.6. The van der Waals surface area contributed by atoms with Gasteiger partial charge in [0, 0.05) is 31.7 Å². The molecule has 0 bridgehead atoms. The van der Waals surface area contributed by atoms with Crippen molar-refractivity contribution < 1.29 is 24.2 Å². The monoisotopic (exact) mass is 632 g/mol. The predicted molar refractivity (Wildman–Crippen MR) is 169 cm³/mol. The van der Waals surface area contributed by atoms with Gasteiger partial charge in [-0.25, -0.2) is 9.37 Å². The molecule has 5 heterocycles. The molecule has 11 nitrogen and oxygen atoms in total. The molecule has 6 rings (SSSR count). The van der Waals surface area contributed by atoms with Crippen LogP contribution in [0.25, 0.3) is 28.0 Å². The Balaban J connectivity index is 1.76. The maximum Gasteiger partial charge on any atom is 0.283 e. The van der Waals surface area contributed by atoms with Crippen LogP contribution in [-0.4, -0.2) is 74.2 Å². The van der Waals surface area contributed by atoms with Crippen LogP contribution in [0.1, 0.15) is 25.1 Å². The minimum absolute atomic E-state index is 0.0162. The van der Waals surface area contributed by atoms with E-state index in [1.807, 2.05) is 0 Å². The number of aliphatic hydroxyl groups is 1. The number of fused-ring (bicyclic) bond motifs is 5. The highest BCUT2D eigenvalue weighted by atomic mass is 35.5. The third-order valence-electron chi connectivity index (χ3n) is 8.32. The van der Waals surface area contributed by atoms with Gasteiger partial charge in [-0.2, -0.15) is 0 Å². The zero-order valence-corrected chi connectivity index (χ0v) is 25.8. The van der Waals surface area contributed by atoms with Crippen LogP contribution in [0.2, 0.25) is 5.02 Å². The average molecular weight is 633 g/mol. The summed E-state index contributed by atoms with van der Waals surface area (Å²) in [6.45, 7) is 8.88. The van der Waals surface area contributed by atoms with E-state index in [-0.39, 0.29) is 64.5 Å². The van der Waals surface area contributed by atoms with Gasteiger partial charge in [0.1, 0.15) is 28.9 Å². The lowest BCUT2D eigenvalue weighted by Crippen LogP contribution is -2.63. The van der Waals surface area contributed by atoms with Crippen LogP contribution < -0.4 is 15.4 Å². The molecule has 0 unspecified atom stereocenters. The fraction of sp³-hybridized carbons (Fsp3) is 0.281. The highest BCUT2D eigenvalue weighted by molar-refractivity contribution is 6.34. The Morgan fingerprint density at radius 3 is 2.58 bits per heavy atom. The van der Waals surface area contributed by atoms with Crippen molar-refractivity contribution in [1.29, 1.82) is 0 Å². The van der Waals surface area contributed by atoms with Crippen LogP contribution in [0.15, 0.2) is 54.0 Å². The quantitative estimate of drug-likeness (QED) is 0.326. The third kappa shape index (κ3) is 4.63. The van der Waals surface area contributed by atoms with Gasteiger partial charge in [-0.05, 0) is 56.7 Å². The molecule has 1 saturated heterocycles. The first-order chi connectivity index (χ1) is 21.3. The number of amides is 2. The van der Waals surface area contributed by atoms with Crippen LogP contribution in [0.5, 0.6) is 5.75 Å². The van der Waals surface area contributed by atoms with Gasteiger partial charge in [0.2, 0.25) is 5.91 Å². The molecule has 0 aliphatic carbocycles. The second kappa shape index (κ2) is 10.7. The average Bonchev–Trinajstić information content (AvgIpc) is 2.99. The van der Waals surface area contributed by atoms with Crippen molar-refractivity contribution in [2.75, 3.05) is 36.5 Å². The molecule has 13 heteroatoms. The molecule has 2 aliphatic heterocycles. The minimum Gasteiger partial charge on any atom is -0.507 e. The van der Waals surface area contributed by atoms with Crippen molar-refractivity contribution in [3.05, 3.63) is 81.6 Å². The number of aryl methyl sites for hydroxylation is 1. The number of phenols is 1. The number of piperazine rings is 1. The SMILES string of the molecule is C=CC(=O)N1CCN2c3c(c(=O)n(-c4c(C)ccnc4C(C)(C)O)c4nc(-c5c(O)cccc5F)c(Cl)cc34)N(C)C(=O)[C@H]2C1. The molecule has 232 valence electrons. The van der Waals surface area contributed by atoms with Gasteiger partial charge < -0.3 is 24.9 Å². The van der Waals surface area contributed by atoms with E-state index in [1.165, 1.54) is 65.7 Å². The fourth-order valence-corrected chi connectivity index (χ4v) is 6.43. The van der Waals surface area contributed by atoms with Crippen molar-refractivity contribution in [2.45, 2.75) is 32.4 Å². The topological polar surface area (TPSA) is 132 Å². The maximum absolute atomic E-state index is 15.2. The summed E-state index contributed by atoms with van der Waals surface area (Å²) in [6, 6.07) is 6.17. The highest BCUT2D eigenvalue weighted by Crippen LogP contribution is 2.44. The molecule has 0 spiro atoms. The van der Waals surface area contributed by atoms with E-state index < -0.39 is 34.7 Å². The lowest BCUT2D eigenvalue weighted by atomic mass is 9.98. The van der Waals surface area contributed by atoms with E-state index in [1.54, 1.807) is 17.9 Å². The number of anilines is 2. The summed E-state index contributed by atoms with van der Waals surface area (Å²) in [5.74, 6) is -1.90. The summed E-state index contributed by atoms with van der Waals surface area (Å²) in [7, 11) is 1.48. The zero-order valence-electron chi connectivity index (χ0n) is 25.0. The molecule has 1 fully saturated rings. The second-order valence-electron chi connectivity index (χ2n) is 11.6. The van der Waals surface area contributed by atoms with Crippen LogP contribution in [-0.2, 0) is 15.2 Å². The summed E-state index contributed by atoms with van der Waals surface area (Å²) < 4.78 is 16.4. The van der Waals surface area contributed by atoms with Gasteiger partial charge >= 0.3 is 0 Å². The van der Waals surface area contributed by atoms with Gasteiger partial charge in [-0.15, -0.1) is 0 Å². The van der Waals surface area contributed by atoms with Crippen molar-refractivity contribution in [3.63, 3.8) is 0 Å². The van der Waals surface area contributed by atoms with Crippen LogP contribution in [0, 0.1) is 12.7 Å². The molecule has 1 atom stereocenters. The van der Waals surface area contributed by atoms with Gasteiger partial charge in [-0.3, -0.25) is 23.9 Å². The van der Waals surface area contributed by atoms with E-state index >= 15 is 4.39 Å². The number of hydrogen-bond donors (Lipinski definition) is 2. The third-order valence-corrected chi connectivity index (χ3v) is 8.60. The smallest absolute Gasteiger partial charge is 0.283 e. The van der Waals surface area contributed by atoms with Gasteiger partial charge in [-0.1, -0.05) is 24.2 Å². The number of phenolic OH excluding ortho intramolecular Hbond substituents is 1. The van der Waals surface area contributed by atoms with Crippen molar-refractivity contribution in [3.8, 4) is 22.7 Å². The Morgan fingerprint density at radius 2 is 1.91 bits per heavy atom. The number of pyridine rings is 3. The number of rotatable bonds is 4. The van der Waals surface area contributed by atoms with Crippen molar-refractivity contribution >= 4 is 45.8 Å². The summed E-state index contributed by atoms with van der Waals surface area (Å²) in [5, 5.41) is 22.1. The van der Waals surface area contributed by atoms with Crippen LogP contribution in [0.4, 0.5) is 15.8 Å². The van der Waals surface area contributed by atoms with Gasteiger partial charge in [0.05, 0.1) is 39.9 Å². The molecule has 2 aliphatic rings. The van der Waals surface area contributed by atoms with Gasteiger partial charge in [0.25, 0.3) is 11.5 Å².